The van der Waals surface area contributed by atoms with Crippen LogP contribution < -0.4 is 10.2 Å². The van der Waals surface area contributed by atoms with Gasteiger partial charge in [-0.05, 0) is 96.9 Å². The Kier molecular flexibility index (Phi) is 5.41. The molecule has 4 nitrogen and oxygen atoms in total. The number of hydrogen-bond acceptors (Lipinski definition) is 4. The maximum absolute atomic E-state index is 9.36. The summed E-state index contributed by atoms with van der Waals surface area (Å²) in [6.45, 7) is 8.36. The Bertz CT molecular complexity index is 1920. The molecule has 2 aliphatic heterocycles. The van der Waals surface area contributed by atoms with E-state index in [1.165, 1.54) is 22.3 Å². The second-order valence-electron chi connectivity index (χ2n) is 12.7. The van der Waals surface area contributed by atoms with Crippen molar-refractivity contribution in [1.29, 1.82) is 5.26 Å². The Morgan fingerprint density at radius 3 is 1.72 bits per heavy atom. The summed E-state index contributed by atoms with van der Waals surface area (Å²) in [6, 6.07) is 40.2. The molecule has 2 heterocycles. The van der Waals surface area contributed by atoms with Gasteiger partial charge < -0.3 is 14.0 Å². The van der Waals surface area contributed by atoms with Crippen molar-refractivity contribution in [3.8, 4) is 39.8 Å². The van der Waals surface area contributed by atoms with Crippen molar-refractivity contribution in [3.05, 3.63) is 137 Å². The van der Waals surface area contributed by atoms with Crippen molar-refractivity contribution in [2.75, 3.05) is 0 Å². The molecule has 5 aromatic carbocycles. The molecule has 1 fully saturated rings. The van der Waals surface area contributed by atoms with Crippen LogP contribution in [0, 0.1) is 11.3 Å². The molecule has 0 radical (unpaired) electrons. The van der Waals surface area contributed by atoms with Gasteiger partial charge in [0.05, 0.1) is 28.2 Å². The van der Waals surface area contributed by atoms with Crippen LogP contribution in [0.15, 0.2) is 109 Å². The van der Waals surface area contributed by atoms with E-state index in [2.05, 4.69) is 107 Å². The van der Waals surface area contributed by atoms with Gasteiger partial charge in [-0.3, -0.25) is 0 Å². The number of para-hydroxylation sites is 2. The van der Waals surface area contributed by atoms with Crippen LogP contribution in [0.4, 0.5) is 0 Å². The third-order valence-electron chi connectivity index (χ3n) is 9.84. The van der Waals surface area contributed by atoms with E-state index >= 15 is 0 Å². The van der Waals surface area contributed by atoms with Gasteiger partial charge in [-0.15, -0.1) is 0 Å². The van der Waals surface area contributed by atoms with Crippen LogP contribution in [0.1, 0.15) is 55.5 Å². The predicted molar refractivity (Wildman–Crippen MR) is 170 cm³/mol. The van der Waals surface area contributed by atoms with Gasteiger partial charge in [-0.2, -0.15) is 5.26 Å². The first-order valence-corrected chi connectivity index (χ1v) is 14.8. The first kappa shape index (κ1) is 26.0. The zero-order valence-corrected chi connectivity index (χ0v) is 24.6. The molecule has 0 unspecified atom stereocenters. The lowest BCUT2D eigenvalue weighted by Crippen LogP contribution is -2.41. The van der Waals surface area contributed by atoms with E-state index in [4.69, 9.17) is 14.0 Å². The summed E-state index contributed by atoms with van der Waals surface area (Å²) in [4.78, 5) is 0. The summed E-state index contributed by atoms with van der Waals surface area (Å²) in [5.74, 6) is 1.70. The van der Waals surface area contributed by atoms with Gasteiger partial charge in [0.1, 0.15) is 11.5 Å². The maximum Gasteiger partial charge on any atom is 0.494 e. The Hall–Kier alpha value is -4.63. The van der Waals surface area contributed by atoms with E-state index in [9.17, 15) is 5.26 Å². The minimum atomic E-state index is -0.613. The average Bonchev–Trinajstić information content (AvgIpc) is 3.43. The zero-order chi connectivity index (χ0) is 29.6. The molecule has 0 amide bonds. The van der Waals surface area contributed by atoms with Crippen LogP contribution in [0.2, 0.25) is 0 Å². The third kappa shape index (κ3) is 3.58. The van der Waals surface area contributed by atoms with Crippen LogP contribution >= 0.6 is 0 Å². The Balaban J connectivity index is 1.41. The van der Waals surface area contributed by atoms with Crippen molar-refractivity contribution in [1.82, 2.24) is 0 Å². The molecule has 0 atom stereocenters. The topological polar surface area (TPSA) is 51.5 Å². The molecule has 1 aliphatic carbocycles. The Morgan fingerprint density at radius 2 is 1.12 bits per heavy atom. The highest BCUT2D eigenvalue weighted by molar-refractivity contribution is 6.62. The summed E-state index contributed by atoms with van der Waals surface area (Å²) >= 11 is 0. The lowest BCUT2D eigenvalue weighted by molar-refractivity contribution is 0.00578. The minimum absolute atomic E-state index is 0.439. The average molecular weight is 559 g/mol. The molecular formula is C38H30BNO3. The predicted octanol–water partition coefficient (Wildman–Crippen LogP) is 7.99. The third-order valence-corrected chi connectivity index (χ3v) is 9.84. The van der Waals surface area contributed by atoms with Crippen molar-refractivity contribution >= 4 is 12.6 Å². The number of hydrogen-bond donors (Lipinski definition) is 0. The van der Waals surface area contributed by atoms with Crippen molar-refractivity contribution < 1.29 is 14.0 Å². The van der Waals surface area contributed by atoms with E-state index in [0.29, 0.717) is 5.56 Å². The number of benzene rings is 5. The van der Waals surface area contributed by atoms with E-state index in [0.717, 1.165) is 39.2 Å². The smallest absolute Gasteiger partial charge is 0.457 e. The van der Waals surface area contributed by atoms with Crippen LogP contribution in [0.5, 0.6) is 11.5 Å². The quantitative estimate of drug-likeness (QED) is 0.202. The molecule has 1 saturated heterocycles. The Labute approximate surface area is 252 Å². The van der Waals surface area contributed by atoms with Gasteiger partial charge in [-0.25, -0.2) is 0 Å². The van der Waals surface area contributed by atoms with Gasteiger partial charge >= 0.3 is 7.12 Å². The molecule has 0 N–H and O–H groups in total. The molecule has 5 aromatic rings. The minimum Gasteiger partial charge on any atom is -0.457 e. The zero-order valence-electron chi connectivity index (χ0n) is 24.6. The fourth-order valence-electron chi connectivity index (χ4n) is 6.96. The summed E-state index contributed by atoms with van der Waals surface area (Å²) in [6.07, 6.45) is 0. The summed E-state index contributed by atoms with van der Waals surface area (Å²) < 4.78 is 19.6. The van der Waals surface area contributed by atoms with Gasteiger partial charge in [-0.1, -0.05) is 78.9 Å². The highest BCUT2D eigenvalue weighted by Gasteiger charge is 2.54. The molecule has 3 aliphatic rings. The summed E-state index contributed by atoms with van der Waals surface area (Å²) in [7, 11) is -0.476. The van der Waals surface area contributed by atoms with Gasteiger partial charge in [0, 0.05) is 11.1 Å². The summed E-state index contributed by atoms with van der Waals surface area (Å²) in [5, 5.41) is 9.36. The van der Waals surface area contributed by atoms with Crippen LogP contribution in [0.25, 0.3) is 22.3 Å². The molecule has 1 spiro atoms. The van der Waals surface area contributed by atoms with E-state index in [1.54, 1.807) is 0 Å². The fourth-order valence-corrected chi connectivity index (χ4v) is 6.96. The second kappa shape index (κ2) is 8.94. The highest BCUT2D eigenvalue weighted by atomic mass is 16.7. The molecule has 0 aromatic heterocycles. The number of rotatable bonds is 2. The lowest BCUT2D eigenvalue weighted by Gasteiger charge is -2.39. The lowest BCUT2D eigenvalue weighted by atomic mass is 9.64. The Morgan fingerprint density at radius 1 is 0.581 bits per heavy atom. The molecule has 0 saturated carbocycles. The van der Waals surface area contributed by atoms with Gasteiger partial charge in [0.2, 0.25) is 0 Å². The van der Waals surface area contributed by atoms with Gasteiger partial charge in [0.15, 0.2) is 0 Å². The summed E-state index contributed by atoms with van der Waals surface area (Å²) in [5.41, 5.74) is 9.32. The van der Waals surface area contributed by atoms with Crippen molar-refractivity contribution in [2.45, 2.75) is 44.3 Å². The number of ether oxygens (including phenoxy) is 1. The molecule has 5 heteroatoms. The maximum atomic E-state index is 9.36. The molecule has 8 rings (SSSR count). The number of nitrogens with zero attached hydrogens (tertiary/aromatic N) is 1. The van der Waals surface area contributed by atoms with Crippen LogP contribution in [-0.2, 0) is 14.7 Å². The van der Waals surface area contributed by atoms with Crippen molar-refractivity contribution in [3.63, 3.8) is 0 Å². The molecular weight excluding hydrogens is 529 g/mol. The molecule has 0 bridgehead atoms. The van der Waals surface area contributed by atoms with Crippen molar-refractivity contribution in [2.24, 2.45) is 0 Å². The van der Waals surface area contributed by atoms with Crippen LogP contribution in [0.3, 0.4) is 0 Å². The number of fused-ring (bicyclic) bond motifs is 9. The first-order chi connectivity index (χ1) is 20.7. The fraction of sp³-hybridized carbons (Fsp3) is 0.184. The van der Waals surface area contributed by atoms with E-state index in [-0.39, 0.29) is 0 Å². The second-order valence-corrected chi connectivity index (χ2v) is 12.7. The molecule has 208 valence electrons. The highest BCUT2D eigenvalue weighted by Crippen LogP contribution is 2.62. The molecule has 43 heavy (non-hydrogen) atoms. The van der Waals surface area contributed by atoms with Gasteiger partial charge in [0.25, 0.3) is 0 Å². The first-order valence-electron chi connectivity index (χ1n) is 14.8. The SMILES string of the molecule is CC1(C)OB(c2ccc3c(c2)C2(c4ccccc4Oc4ccccc42)c2cc(-c4ccc(C#N)cc4)ccc2-3)OC1(C)C. The van der Waals surface area contributed by atoms with E-state index < -0.39 is 23.7 Å². The monoisotopic (exact) mass is 559 g/mol. The largest absolute Gasteiger partial charge is 0.494 e. The van der Waals surface area contributed by atoms with E-state index in [1.807, 2.05) is 36.4 Å². The van der Waals surface area contributed by atoms with Crippen LogP contribution in [-0.4, -0.2) is 18.3 Å². The normalized spacial score (nSPS) is 17.8. The number of nitriles is 1. The standard InChI is InChI=1S/C38H30BNO3/c1-36(2)37(3,4)43-39(42-36)27-18-20-29-28-19-17-26(25-15-13-24(23-40)14-16-25)21-32(28)38(33(29)22-27)30-9-5-7-11-34(30)41-35-12-8-6-10-31(35)38/h5-22H,1-4H3.